The molecule has 0 aromatic heterocycles. The van der Waals surface area contributed by atoms with Gasteiger partial charge in [0, 0.05) is 16.7 Å². The van der Waals surface area contributed by atoms with Gasteiger partial charge in [-0.2, -0.15) is 0 Å². The van der Waals surface area contributed by atoms with E-state index < -0.39 is 0 Å². The fraction of sp³-hybridized carbons (Fsp3) is 0.500. The fourth-order valence-corrected chi connectivity index (χ4v) is 2.80. The van der Waals surface area contributed by atoms with Gasteiger partial charge in [-0.3, -0.25) is 0 Å². The molecule has 0 bridgehead atoms. The summed E-state index contributed by atoms with van der Waals surface area (Å²) in [7, 11) is 0. The molecule has 1 aliphatic rings. The number of aryl methyl sites for hydroxylation is 2. The van der Waals surface area contributed by atoms with E-state index in [1.807, 2.05) is 0 Å². The predicted octanol–water partition coefficient (Wildman–Crippen LogP) is 1.59. The molecule has 3 N–H and O–H groups in total. The summed E-state index contributed by atoms with van der Waals surface area (Å²) < 4.78 is 0. The van der Waals surface area contributed by atoms with Crippen LogP contribution in [0.4, 0.5) is 0 Å². The molecule has 0 heterocycles. The molecule has 0 fully saturated rings. The number of fused-ring (bicyclic) bond motifs is 1. The van der Waals surface area contributed by atoms with Crippen LogP contribution in [-0.4, -0.2) is 23.5 Å². The molecule has 1 aromatic carbocycles. The van der Waals surface area contributed by atoms with Gasteiger partial charge in [0.25, 0.3) is 0 Å². The van der Waals surface area contributed by atoms with Crippen molar-refractivity contribution in [3.05, 3.63) is 29.3 Å². The SMILES string of the molecule is NC(CO)CSc1ccc2c(c1)CCC2. The van der Waals surface area contributed by atoms with E-state index in [2.05, 4.69) is 18.2 Å². The summed E-state index contributed by atoms with van der Waals surface area (Å²) in [6.45, 7) is 0.0674. The van der Waals surface area contributed by atoms with Gasteiger partial charge < -0.3 is 10.8 Å². The summed E-state index contributed by atoms with van der Waals surface area (Å²) >= 11 is 1.73. The van der Waals surface area contributed by atoms with E-state index in [1.165, 1.54) is 35.3 Å². The smallest absolute Gasteiger partial charge is 0.0590 e. The maximum atomic E-state index is 8.83. The lowest BCUT2D eigenvalue weighted by Gasteiger charge is -2.08. The molecule has 0 aliphatic heterocycles. The topological polar surface area (TPSA) is 46.2 Å². The zero-order chi connectivity index (χ0) is 10.7. The Labute approximate surface area is 94.9 Å². The number of rotatable bonds is 4. The van der Waals surface area contributed by atoms with Crippen LogP contribution in [-0.2, 0) is 12.8 Å². The maximum absolute atomic E-state index is 8.83. The highest BCUT2D eigenvalue weighted by Gasteiger charge is 2.11. The molecule has 2 nitrogen and oxygen atoms in total. The first-order chi connectivity index (χ1) is 7.29. The second-order valence-electron chi connectivity index (χ2n) is 4.04. The van der Waals surface area contributed by atoms with E-state index >= 15 is 0 Å². The standard InChI is InChI=1S/C12H17NOS/c13-11(7-14)8-15-12-5-4-9-2-1-3-10(9)6-12/h4-6,11,14H,1-3,7-8,13H2. The second kappa shape index (κ2) is 5.01. The fourth-order valence-electron chi connectivity index (χ4n) is 1.89. The van der Waals surface area contributed by atoms with Crippen LogP contribution < -0.4 is 5.73 Å². The van der Waals surface area contributed by atoms with Crippen molar-refractivity contribution in [2.24, 2.45) is 5.73 Å². The number of aliphatic hydroxyl groups excluding tert-OH is 1. The Hall–Kier alpha value is -0.510. The molecule has 0 radical (unpaired) electrons. The lowest BCUT2D eigenvalue weighted by Crippen LogP contribution is -2.26. The molecule has 0 spiro atoms. The van der Waals surface area contributed by atoms with Crippen molar-refractivity contribution in [1.82, 2.24) is 0 Å². The quantitative estimate of drug-likeness (QED) is 0.762. The number of benzene rings is 1. The molecule has 82 valence electrons. The highest BCUT2D eigenvalue weighted by Crippen LogP contribution is 2.27. The van der Waals surface area contributed by atoms with Crippen molar-refractivity contribution in [2.45, 2.75) is 30.2 Å². The minimum atomic E-state index is -0.108. The summed E-state index contributed by atoms with van der Waals surface area (Å²) in [5.74, 6) is 0.787. The van der Waals surface area contributed by atoms with Crippen molar-refractivity contribution < 1.29 is 5.11 Å². The van der Waals surface area contributed by atoms with Crippen molar-refractivity contribution in [3.8, 4) is 0 Å². The second-order valence-corrected chi connectivity index (χ2v) is 5.13. The average molecular weight is 223 g/mol. The van der Waals surface area contributed by atoms with Crippen LogP contribution in [0.2, 0.25) is 0 Å². The number of nitrogens with two attached hydrogens (primary N) is 1. The number of thioether (sulfide) groups is 1. The first-order valence-electron chi connectivity index (χ1n) is 5.40. The van der Waals surface area contributed by atoms with Gasteiger partial charge in [-0.1, -0.05) is 6.07 Å². The zero-order valence-electron chi connectivity index (χ0n) is 8.78. The van der Waals surface area contributed by atoms with Gasteiger partial charge >= 0.3 is 0 Å². The highest BCUT2D eigenvalue weighted by molar-refractivity contribution is 7.99. The summed E-state index contributed by atoms with van der Waals surface area (Å²) in [5, 5.41) is 8.83. The molecule has 2 rings (SSSR count). The Kier molecular flexibility index (Phi) is 3.67. The molecular weight excluding hydrogens is 206 g/mol. The predicted molar refractivity (Wildman–Crippen MR) is 64.3 cm³/mol. The lowest BCUT2D eigenvalue weighted by molar-refractivity contribution is 0.275. The van der Waals surface area contributed by atoms with Crippen LogP contribution in [0.25, 0.3) is 0 Å². The average Bonchev–Trinajstić information content (AvgIpc) is 2.72. The monoisotopic (exact) mass is 223 g/mol. The molecule has 0 amide bonds. The third kappa shape index (κ3) is 2.74. The van der Waals surface area contributed by atoms with Crippen LogP contribution in [0, 0.1) is 0 Å². The zero-order valence-corrected chi connectivity index (χ0v) is 9.59. The minimum Gasteiger partial charge on any atom is -0.395 e. The first-order valence-corrected chi connectivity index (χ1v) is 6.39. The Bertz CT molecular complexity index is 340. The van der Waals surface area contributed by atoms with Crippen molar-refractivity contribution in [3.63, 3.8) is 0 Å². The van der Waals surface area contributed by atoms with Crippen molar-refractivity contribution in [1.29, 1.82) is 0 Å². The molecule has 1 atom stereocenters. The van der Waals surface area contributed by atoms with E-state index in [4.69, 9.17) is 10.8 Å². The Morgan fingerprint density at radius 1 is 1.33 bits per heavy atom. The molecule has 3 heteroatoms. The van der Waals surface area contributed by atoms with Gasteiger partial charge in [0.15, 0.2) is 0 Å². The van der Waals surface area contributed by atoms with Gasteiger partial charge in [0.2, 0.25) is 0 Å². The van der Waals surface area contributed by atoms with Gasteiger partial charge in [0.05, 0.1) is 6.61 Å². The van der Waals surface area contributed by atoms with Gasteiger partial charge in [-0.05, 0) is 42.5 Å². The molecule has 1 aromatic rings. The van der Waals surface area contributed by atoms with Crippen LogP contribution in [0.5, 0.6) is 0 Å². The molecular formula is C12H17NOS. The van der Waals surface area contributed by atoms with Crippen LogP contribution in [0.15, 0.2) is 23.1 Å². The van der Waals surface area contributed by atoms with E-state index in [-0.39, 0.29) is 12.6 Å². The molecule has 0 saturated carbocycles. The molecule has 0 saturated heterocycles. The minimum absolute atomic E-state index is 0.0674. The Morgan fingerprint density at radius 2 is 2.13 bits per heavy atom. The molecule has 1 aliphatic carbocycles. The van der Waals surface area contributed by atoms with Crippen molar-refractivity contribution >= 4 is 11.8 Å². The van der Waals surface area contributed by atoms with Gasteiger partial charge in [0.1, 0.15) is 0 Å². The molecule has 15 heavy (non-hydrogen) atoms. The summed E-state index contributed by atoms with van der Waals surface area (Å²) in [6.07, 6.45) is 3.74. The van der Waals surface area contributed by atoms with Gasteiger partial charge in [-0.25, -0.2) is 0 Å². The van der Waals surface area contributed by atoms with Crippen LogP contribution in [0.3, 0.4) is 0 Å². The van der Waals surface area contributed by atoms with Gasteiger partial charge in [-0.15, -0.1) is 11.8 Å². The van der Waals surface area contributed by atoms with E-state index in [0.29, 0.717) is 0 Å². The maximum Gasteiger partial charge on any atom is 0.0590 e. The normalized spacial score (nSPS) is 16.4. The van der Waals surface area contributed by atoms with E-state index in [9.17, 15) is 0 Å². The number of aliphatic hydroxyl groups is 1. The molecule has 1 unspecified atom stereocenters. The van der Waals surface area contributed by atoms with E-state index in [1.54, 1.807) is 11.8 Å². The summed E-state index contributed by atoms with van der Waals surface area (Å²) in [6, 6.07) is 6.56. The van der Waals surface area contributed by atoms with Crippen LogP contribution >= 0.6 is 11.8 Å². The largest absolute Gasteiger partial charge is 0.395 e. The van der Waals surface area contributed by atoms with Crippen molar-refractivity contribution in [2.75, 3.05) is 12.4 Å². The third-order valence-electron chi connectivity index (χ3n) is 2.77. The van der Waals surface area contributed by atoms with E-state index in [0.717, 1.165) is 5.75 Å². The number of hydrogen-bond donors (Lipinski definition) is 2. The summed E-state index contributed by atoms with van der Waals surface area (Å²) in [4.78, 5) is 1.28. The summed E-state index contributed by atoms with van der Waals surface area (Å²) in [5.41, 5.74) is 8.67. The van der Waals surface area contributed by atoms with Crippen LogP contribution in [0.1, 0.15) is 17.5 Å². The first kappa shape index (κ1) is 11.0. The lowest BCUT2D eigenvalue weighted by atomic mass is 10.1. The Morgan fingerprint density at radius 3 is 2.93 bits per heavy atom. The highest BCUT2D eigenvalue weighted by atomic mass is 32.2. The Balaban J connectivity index is 1.98. The third-order valence-corrected chi connectivity index (χ3v) is 3.95. The number of hydrogen-bond acceptors (Lipinski definition) is 3.